The molecule has 0 heterocycles. The Hall–Kier alpha value is -1.96. The van der Waals surface area contributed by atoms with Crippen molar-refractivity contribution >= 4 is 5.43 Å². The molecule has 2 aliphatic rings. The molecular formula is C32H28Cl2SiZr. The van der Waals surface area contributed by atoms with Gasteiger partial charge in [0.15, 0.2) is 0 Å². The molecule has 0 saturated carbocycles. The van der Waals surface area contributed by atoms with Gasteiger partial charge in [0.2, 0.25) is 0 Å². The second-order valence-electron chi connectivity index (χ2n) is 9.27. The zero-order valence-electron chi connectivity index (χ0n) is 20.1. The summed E-state index contributed by atoms with van der Waals surface area (Å²) in [6.45, 7) is 0. The van der Waals surface area contributed by atoms with Crippen molar-refractivity contribution in [3.05, 3.63) is 153 Å². The number of hydrogen-bond donors (Lipinski definition) is 0. The van der Waals surface area contributed by atoms with Gasteiger partial charge in [0.25, 0.3) is 0 Å². The Labute approximate surface area is 235 Å². The van der Waals surface area contributed by atoms with Crippen molar-refractivity contribution in [2.75, 3.05) is 0 Å². The molecule has 0 atom stereocenters. The van der Waals surface area contributed by atoms with Gasteiger partial charge in [0.1, 0.15) is 0 Å². The summed E-state index contributed by atoms with van der Waals surface area (Å²) < 4.78 is 2.45. The summed E-state index contributed by atoms with van der Waals surface area (Å²) in [6.07, 6.45) is 8.41. The summed E-state index contributed by atoms with van der Waals surface area (Å²) in [5.74, 6) is 0. The summed E-state index contributed by atoms with van der Waals surface area (Å²) in [4.78, 5) is 0. The van der Waals surface area contributed by atoms with Crippen LogP contribution in [0.15, 0.2) is 131 Å². The molecule has 0 N–H and O–H groups in total. The average Bonchev–Trinajstić information content (AvgIpc) is 3.53. The zero-order chi connectivity index (χ0) is 22.7. The van der Waals surface area contributed by atoms with E-state index in [-0.39, 0.29) is 24.8 Å². The van der Waals surface area contributed by atoms with Crippen molar-refractivity contribution in [2.45, 2.75) is 22.1 Å². The van der Waals surface area contributed by atoms with Gasteiger partial charge in [0, 0.05) is 0 Å². The van der Waals surface area contributed by atoms with E-state index < -0.39 is 25.8 Å². The van der Waals surface area contributed by atoms with Crippen molar-refractivity contribution in [3.63, 3.8) is 0 Å². The second kappa shape index (κ2) is 12.5. The van der Waals surface area contributed by atoms with Crippen LogP contribution in [0.1, 0.15) is 32.3 Å². The number of halogens is 2. The van der Waals surface area contributed by atoms with E-state index in [1.807, 2.05) is 3.28 Å². The maximum absolute atomic E-state index is 2.51. The first-order valence-electron chi connectivity index (χ1n) is 12.2. The molecule has 4 aromatic carbocycles. The minimum atomic E-state index is -2.16. The molecule has 2 aliphatic carbocycles. The van der Waals surface area contributed by atoms with Gasteiger partial charge < -0.3 is 24.8 Å². The molecule has 6 rings (SSSR count). The van der Waals surface area contributed by atoms with Gasteiger partial charge in [-0.1, -0.05) is 0 Å². The first-order valence-corrected chi connectivity index (χ1v) is 20.5. The maximum atomic E-state index is 2.51. The molecule has 178 valence electrons. The largest absolute Gasteiger partial charge is 1.00 e. The van der Waals surface area contributed by atoms with E-state index >= 15 is 0 Å². The fourth-order valence-corrected chi connectivity index (χ4v) is 28.8. The Balaban J connectivity index is 0.00000152. The number of fused-ring (bicyclic) bond motifs is 3. The monoisotopic (exact) mass is 600 g/mol. The third-order valence-corrected chi connectivity index (χ3v) is 27.0. The van der Waals surface area contributed by atoms with E-state index in [9.17, 15) is 0 Å². The first kappa shape index (κ1) is 27.1. The van der Waals surface area contributed by atoms with Crippen LogP contribution in [0, 0.1) is 0 Å². The van der Waals surface area contributed by atoms with Crippen LogP contribution in [0.25, 0.3) is 11.1 Å². The van der Waals surface area contributed by atoms with Gasteiger partial charge in [-0.15, -0.1) is 0 Å². The Morgan fingerprint density at radius 2 is 1.08 bits per heavy atom. The van der Waals surface area contributed by atoms with Gasteiger partial charge in [-0.2, -0.15) is 0 Å². The quantitative estimate of drug-likeness (QED) is 0.296. The number of benzene rings is 4. The minimum absolute atomic E-state index is 0. The minimum Gasteiger partial charge on any atom is -1.00 e. The molecule has 36 heavy (non-hydrogen) atoms. The standard InChI is InChI=1S/C14H14Si.C13H9.C5H5.2ClH.Zr/c1-3-7-13(8-4-1)11-15-12-14-9-5-2-6-10-14;1-3-7-12-10(5-1)9-11-6-2-4-8-13(11)12;1-2-4-5-3-1;;;/h1-10H,11-12H2;1-9H;1-3H,4H2;2*1H;/q;;;;;+2/p-2. The smallest absolute Gasteiger partial charge is 1.00 e. The SMILES string of the molecule is C1=CC[C]([Zr+2]([CH]2c3ccccc3-c3ccccc32)=[Si](Cc2ccccc2)Cc2ccccc2)=C1.[Cl-].[Cl-]. The topological polar surface area (TPSA) is 0 Å². The molecule has 0 spiro atoms. The summed E-state index contributed by atoms with van der Waals surface area (Å²) in [6, 6.07) is 43.7. The van der Waals surface area contributed by atoms with Crippen LogP contribution >= 0.6 is 0 Å². The number of rotatable bonds is 6. The summed E-state index contributed by atoms with van der Waals surface area (Å²) >= 11 is -2.16. The van der Waals surface area contributed by atoms with E-state index in [1.54, 1.807) is 11.1 Å². The van der Waals surface area contributed by atoms with E-state index in [0.29, 0.717) is 3.63 Å². The molecule has 4 heteroatoms. The third-order valence-electron chi connectivity index (χ3n) is 7.14. The van der Waals surface area contributed by atoms with Crippen LogP contribution in [-0.2, 0) is 32.5 Å². The van der Waals surface area contributed by atoms with Crippen LogP contribution in [0.5, 0.6) is 0 Å². The van der Waals surface area contributed by atoms with Gasteiger partial charge >= 0.3 is 212 Å². The molecule has 0 aromatic heterocycles. The summed E-state index contributed by atoms with van der Waals surface area (Å²) in [7, 11) is 0. The predicted molar refractivity (Wildman–Crippen MR) is 142 cm³/mol. The Bertz CT molecular complexity index is 1340. The molecule has 0 nitrogen and oxygen atoms in total. The Morgan fingerprint density at radius 3 is 1.56 bits per heavy atom. The van der Waals surface area contributed by atoms with E-state index in [0.717, 1.165) is 0 Å². The van der Waals surface area contributed by atoms with E-state index in [2.05, 4.69) is 127 Å². The fourth-order valence-electron chi connectivity index (χ4n) is 5.67. The fraction of sp³-hybridized carbons (Fsp3) is 0.125. The zero-order valence-corrected chi connectivity index (χ0v) is 25.0. The second-order valence-corrected chi connectivity index (χ2v) is 24.6. The van der Waals surface area contributed by atoms with Gasteiger partial charge in [-0.05, 0) is 0 Å². The molecule has 0 bridgehead atoms. The predicted octanol–water partition coefficient (Wildman–Crippen LogP) is 1.78. The van der Waals surface area contributed by atoms with Crippen LogP contribution in [0.3, 0.4) is 0 Å². The molecule has 0 fully saturated rings. The average molecular weight is 603 g/mol. The van der Waals surface area contributed by atoms with Gasteiger partial charge in [-0.3, -0.25) is 0 Å². The molecule has 0 aliphatic heterocycles. The molecular weight excluding hydrogens is 575 g/mol. The maximum Gasteiger partial charge on any atom is -1.00 e. The van der Waals surface area contributed by atoms with Crippen molar-refractivity contribution in [1.29, 1.82) is 0 Å². The van der Waals surface area contributed by atoms with Gasteiger partial charge in [-0.25, -0.2) is 0 Å². The van der Waals surface area contributed by atoms with Crippen LogP contribution < -0.4 is 24.8 Å². The normalized spacial score (nSPS) is 12.9. The number of hydrogen-bond acceptors (Lipinski definition) is 0. The molecule has 0 radical (unpaired) electrons. The van der Waals surface area contributed by atoms with Crippen molar-refractivity contribution in [1.82, 2.24) is 0 Å². The molecule has 0 amide bonds. The first-order chi connectivity index (χ1) is 16.9. The van der Waals surface area contributed by atoms with Gasteiger partial charge in [0.05, 0.1) is 0 Å². The van der Waals surface area contributed by atoms with Crippen LogP contribution in [-0.4, -0.2) is 5.43 Å². The van der Waals surface area contributed by atoms with Crippen molar-refractivity contribution < 1.29 is 45.2 Å². The molecule has 0 saturated heterocycles. The molecule has 0 unspecified atom stereocenters. The van der Waals surface area contributed by atoms with E-state index in [4.69, 9.17) is 0 Å². The van der Waals surface area contributed by atoms with Crippen molar-refractivity contribution in [3.8, 4) is 11.1 Å². The Morgan fingerprint density at radius 1 is 0.611 bits per heavy atom. The van der Waals surface area contributed by atoms with E-state index in [1.165, 1.54) is 40.8 Å². The molecule has 4 aromatic rings. The summed E-state index contributed by atoms with van der Waals surface area (Å²) in [5, 5.41) is 0. The third kappa shape index (κ3) is 5.48. The summed E-state index contributed by atoms with van der Waals surface area (Å²) in [5.41, 5.74) is 8.57. The van der Waals surface area contributed by atoms with Crippen LogP contribution in [0.2, 0.25) is 0 Å². The van der Waals surface area contributed by atoms with Crippen LogP contribution in [0.4, 0.5) is 0 Å². The number of allylic oxidation sites excluding steroid dienone is 4. The van der Waals surface area contributed by atoms with Crippen molar-refractivity contribution in [2.24, 2.45) is 0 Å². The Kier molecular flexibility index (Phi) is 9.42.